The van der Waals surface area contributed by atoms with E-state index in [-0.39, 0.29) is 0 Å². The molecule has 0 radical (unpaired) electrons. The van der Waals surface area contributed by atoms with Gasteiger partial charge in [-0.2, -0.15) is 5.10 Å². The Hall–Kier alpha value is -1.81. The molecule has 1 aliphatic rings. The summed E-state index contributed by atoms with van der Waals surface area (Å²) in [5.41, 5.74) is 2.65. The van der Waals surface area contributed by atoms with E-state index in [0.29, 0.717) is 11.8 Å². The Balaban J connectivity index is 1.55. The van der Waals surface area contributed by atoms with Crippen LogP contribution in [0.3, 0.4) is 0 Å². The third-order valence-corrected chi connectivity index (χ3v) is 3.96. The average Bonchev–Trinajstić information content (AvgIpc) is 2.97. The van der Waals surface area contributed by atoms with Crippen molar-refractivity contribution in [2.75, 3.05) is 6.54 Å². The van der Waals surface area contributed by atoms with Crippen LogP contribution in [0.1, 0.15) is 36.4 Å². The summed E-state index contributed by atoms with van der Waals surface area (Å²) in [6, 6.07) is 8.09. The van der Waals surface area contributed by atoms with Gasteiger partial charge in [0.25, 0.3) is 0 Å². The second-order valence-electron chi connectivity index (χ2n) is 5.40. The first-order valence-corrected chi connectivity index (χ1v) is 7.35. The van der Waals surface area contributed by atoms with Crippen LogP contribution in [0.15, 0.2) is 36.7 Å². The predicted octanol–water partition coefficient (Wildman–Crippen LogP) is 2.65. The van der Waals surface area contributed by atoms with Gasteiger partial charge in [0.15, 0.2) is 0 Å². The molecule has 0 amide bonds. The van der Waals surface area contributed by atoms with Gasteiger partial charge in [0, 0.05) is 25.0 Å². The number of phenolic OH excluding ortho intramolecular Hbond substituents is 1. The number of hydrogen-bond acceptors (Lipinski definition) is 3. The van der Waals surface area contributed by atoms with Gasteiger partial charge in [-0.05, 0) is 61.6 Å². The van der Waals surface area contributed by atoms with Crippen molar-refractivity contribution < 1.29 is 5.11 Å². The normalized spacial score (nSPS) is 17.9. The number of nitrogens with one attached hydrogen (secondary N) is 1. The van der Waals surface area contributed by atoms with Crippen molar-refractivity contribution in [3.63, 3.8) is 0 Å². The first-order valence-electron chi connectivity index (χ1n) is 7.35. The molecule has 3 rings (SSSR count). The molecule has 0 aliphatic heterocycles. The zero-order chi connectivity index (χ0) is 13.8. The molecule has 20 heavy (non-hydrogen) atoms. The van der Waals surface area contributed by atoms with Gasteiger partial charge in [-0.15, -0.1) is 0 Å². The van der Waals surface area contributed by atoms with Gasteiger partial charge in [0.2, 0.25) is 0 Å². The van der Waals surface area contributed by atoms with Crippen molar-refractivity contribution in [2.24, 2.45) is 0 Å². The van der Waals surface area contributed by atoms with Crippen molar-refractivity contribution >= 4 is 0 Å². The molecule has 1 aliphatic carbocycles. The van der Waals surface area contributed by atoms with E-state index in [4.69, 9.17) is 0 Å². The molecule has 106 valence electrons. The van der Waals surface area contributed by atoms with Gasteiger partial charge >= 0.3 is 0 Å². The van der Waals surface area contributed by atoms with Gasteiger partial charge in [-0.3, -0.25) is 4.68 Å². The van der Waals surface area contributed by atoms with Crippen LogP contribution >= 0.6 is 0 Å². The van der Waals surface area contributed by atoms with E-state index in [1.54, 1.807) is 6.07 Å². The predicted molar refractivity (Wildman–Crippen MR) is 78.6 cm³/mol. The number of aromatic hydroxyl groups is 1. The van der Waals surface area contributed by atoms with Gasteiger partial charge < -0.3 is 10.4 Å². The van der Waals surface area contributed by atoms with Crippen molar-refractivity contribution in [2.45, 2.75) is 38.3 Å². The van der Waals surface area contributed by atoms with E-state index < -0.39 is 0 Å². The van der Waals surface area contributed by atoms with E-state index in [1.165, 1.54) is 17.5 Å². The molecule has 1 heterocycles. The highest BCUT2D eigenvalue weighted by molar-refractivity contribution is 5.38. The van der Waals surface area contributed by atoms with Crippen LogP contribution in [-0.4, -0.2) is 21.4 Å². The summed E-state index contributed by atoms with van der Waals surface area (Å²) in [6.45, 7) is 1.92. The molecule has 2 aromatic rings. The lowest BCUT2D eigenvalue weighted by molar-refractivity contribution is 0.433. The van der Waals surface area contributed by atoms with Crippen LogP contribution < -0.4 is 5.32 Å². The number of hydrogen-bond donors (Lipinski definition) is 2. The summed E-state index contributed by atoms with van der Waals surface area (Å²) in [6.07, 6.45) is 8.36. The molecule has 0 spiro atoms. The van der Waals surface area contributed by atoms with Crippen molar-refractivity contribution in [1.82, 2.24) is 15.1 Å². The van der Waals surface area contributed by atoms with Crippen molar-refractivity contribution in [3.05, 3.63) is 47.8 Å². The van der Waals surface area contributed by atoms with Crippen molar-refractivity contribution in [1.29, 1.82) is 0 Å². The molecule has 1 unspecified atom stereocenters. The number of nitrogens with zero attached hydrogens (tertiary/aromatic N) is 2. The number of benzene rings is 1. The molecule has 1 atom stereocenters. The maximum Gasteiger partial charge on any atom is 0.115 e. The molecule has 0 saturated heterocycles. The summed E-state index contributed by atoms with van der Waals surface area (Å²) in [4.78, 5) is 0. The van der Waals surface area contributed by atoms with Crippen LogP contribution in [0.4, 0.5) is 0 Å². The Kier molecular flexibility index (Phi) is 4.02. The number of fused-ring (bicyclic) bond motifs is 1. The van der Waals surface area contributed by atoms with Gasteiger partial charge in [-0.1, -0.05) is 6.07 Å². The second-order valence-corrected chi connectivity index (χ2v) is 5.40. The Morgan fingerprint density at radius 2 is 2.35 bits per heavy atom. The summed E-state index contributed by atoms with van der Waals surface area (Å²) in [5.74, 6) is 0.369. The number of phenols is 1. The van der Waals surface area contributed by atoms with E-state index >= 15 is 0 Å². The Labute approximate surface area is 119 Å². The third kappa shape index (κ3) is 3.02. The molecular formula is C16H21N3O. The lowest BCUT2D eigenvalue weighted by Crippen LogP contribution is -2.26. The van der Waals surface area contributed by atoms with Gasteiger partial charge in [0.05, 0.1) is 0 Å². The molecule has 4 heteroatoms. The highest BCUT2D eigenvalue weighted by Gasteiger charge is 2.19. The largest absolute Gasteiger partial charge is 0.508 e. The molecule has 4 nitrogen and oxygen atoms in total. The maximum atomic E-state index is 9.66. The molecule has 0 bridgehead atoms. The van der Waals surface area contributed by atoms with Crippen LogP contribution in [0.5, 0.6) is 5.75 Å². The Morgan fingerprint density at radius 3 is 3.20 bits per heavy atom. The smallest absolute Gasteiger partial charge is 0.115 e. The molecular weight excluding hydrogens is 250 g/mol. The lowest BCUT2D eigenvalue weighted by atomic mass is 9.87. The Bertz CT molecular complexity index is 551. The van der Waals surface area contributed by atoms with Gasteiger partial charge in [0.1, 0.15) is 5.75 Å². The van der Waals surface area contributed by atoms with E-state index in [0.717, 1.165) is 32.4 Å². The SMILES string of the molecule is Oc1ccc2c(c1)C(NCCCn1cccn1)CCC2. The van der Waals surface area contributed by atoms with Crippen LogP contribution in [0, 0.1) is 0 Å². The molecule has 0 fully saturated rings. The highest BCUT2D eigenvalue weighted by Crippen LogP contribution is 2.31. The molecule has 1 aromatic carbocycles. The lowest BCUT2D eigenvalue weighted by Gasteiger charge is -2.26. The number of aromatic nitrogens is 2. The summed E-state index contributed by atoms with van der Waals surface area (Å²) < 4.78 is 1.96. The topological polar surface area (TPSA) is 50.1 Å². The molecule has 2 N–H and O–H groups in total. The number of rotatable bonds is 5. The Morgan fingerprint density at radius 1 is 1.40 bits per heavy atom. The monoisotopic (exact) mass is 271 g/mol. The first-order chi connectivity index (χ1) is 9.83. The average molecular weight is 271 g/mol. The zero-order valence-corrected chi connectivity index (χ0v) is 11.6. The van der Waals surface area contributed by atoms with Crippen LogP contribution in [-0.2, 0) is 13.0 Å². The first kappa shape index (κ1) is 13.2. The van der Waals surface area contributed by atoms with E-state index in [2.05, 4.69) is 16.5 Å². The summed E-state index contributed by atoms with van der Waals surface area (Å²) in [5, 5.41) is 17.5. The minimum atomic E-state index is 0.369. The molecule has 0 saturated carbocycles. The fourth-order valence-electron chi connectivity index (χ4n) is 2.95. The second kappa shape index (κ2) is 6.09. The van der Waals surface area contributed by atoms with E-state index in [1.807, 2.05) is 29.2 Å². The minimum absolute atomic E-state index is 0.369. The quantitative estimate of drug-likeness (QED) is 0.822. The fraction of sp³-hybridized carbons (Fsp3) is 0.438. The van der Waals surface area contributed by atoms with Crippen LogP contribution in [0.25, 0.3) is 0 Å². The maximum absolute atomic E-state index is 9.66. The molecule has 1 aromatic heterocycles. The standard InChI is InChI=1S/C16H21N3O/c20-14-7-6-13-4-1-5-16(15(13)12-14)17-8-2-10-19-11-3-9-18-19/h3,6-7,9,11-12,16-17,20H,1-2,4-5,8,10H2. The fourth-order valence-corrected chi connectivity index (χ4v) is 2.95. The summed E-state index contributed by atoms with van der Waals surface area (Å²) in [7, 11) is 0. The summed E-state index contributed by atoms with van der Waals surface area (Å²) >= 11 is 0. The number of aryl methyl sites for hydroxylation is 2. The van der Waals surface area contributed by atoms with Crippen LogP contribution in [0.2, 0.25) is 0 Å². The highest BCUT2D eigenvalue weighted by atomic mass is 16.3. The van der Waals surface area contributed by atoms with Gasteiger partial charge in [-0.25, -0.2) is 0 Å². The third-order valence-electron chi connectivity index (χ3n) is 3.96. The van der Waals surface area contributed by atoms with E-state index in [9.17, 15) is 5.11 Å². The zero-order valence-electron chi connectivity index (χ0n) is 11.6. The minimum Gasteiger partial charge on any atom is -0.508 e. The van der Waals surface area contributed by atoms with Crippen molar-refractivity contribution in [3.8, 4) is 5.75 Å².